The molecule has 0 fully saturated rings. The van der Waals surface area contributed by atoms with Gasteiger partial charge in [-0.25, -0.2) is 4.79 Å². The summed E-state index contributed by atoms with van der Waals surface area (Å²) in [6.45, 7) is 4.96. The van der Waals surface area contributed by atoms with Gasteiger partial charge in [0.1, 0.15) is 0 Å². The van der Waals surface area contributed by atoms with Gasteiger partial charge in [0.2, 0.25) is 0 Å². The lowest BCUT2D eigenvalue weighted by molar-refractivity contribution is -0.384. The number of carbonyl (C=O) groups is 1. The molecule has 1 aromatic carbocycles. The Bertz CT molecular complexity index is 470. The predicted octanol–water partition coefficient (Wildman–Crippen LogP) is 3.06. The summed E-state index contributed by atoms with van der Waals surface area (Å²) in [4.78, 5) is 26.6. The van der Waals surface area contributed by atoms with Crippen LogP contribution in [0.15, 0.2) is 24.3 Å². The van der Waals surface area contributed by atoms with Gasteiger partial charge in [-0.1, -0.05) is 12.1 Å². The van der Waals surface area contributed by atoms with Gasteiger partial charge in [-0.05, 0) is 26.8 Å². The maximum Gasteiger partial charge on any atom is 0.339 e. The molecular weight excluding hydrogens is 260 g/mol. The number of halogens is 1. The van der Waals surface area contributed by atoms with Crippen molar-refractivity contribution in [1.82, 2.24) is 0 Å². The van der Waals surface area contributed by atoms with Crippen molar-refractivity contribution in [2.45, 2.75) is 20.8 Å². The lowest BCUT2D eigenvalue weighted by atomic mass is 9.98. The number of nitro benzene ring substituents is 1. The van der Waals surface area contributed by atoms with Crippen molar-refractivity contribution in [2.75, 3.05) is 4.58 Å². The Labute approximate surface area is 109 Å². The topological polar surface area (TPSA) is 72.7 Å². The Morgan fingerprint density at radius 1 is 1.39 bits per heavy atom. The van der Waals surface area contributed by atoms with E-state index in [0.717, 1.165) is 0 Å². The van der Waals surface area contributed by atoms with Crippen LogP contribution in [0, 0.1) is 15.5 Å². The van der Waals surface area contributed by atoms with Crippen LogP contribution in [0.1, 0.15) is 20.8 Å². The van der Waals surface area contributed by atoms with E-state index in [4.69, 9.17) is 16.6 Å². The molecule has 0 N–H and O–H groups in total. The molecule has 0 atom stereocenters. The van der Waals surface area contributed by atoms with E-state index in [0.29, 0.717) is 4.58 Å². The first kappa shape index (κ1) is 14.2. The molecule has 18 heavy (non-hydrogen) atoms. The largest absolute Gasteiger partial charge is 0.339 e. The van der Waals surface area contributed by atoms with Crippen LogP contribution in [0.5, 0.6) is 0 Å². The van der Waals surface area contributed by atoms with E-state index in [9.17, 15) is 14.9 Å². The zero-order chi connectivity index (χ0) is 13.9. The Hall–Kier alpha value is -1.82. The maximum absolute atomic E-state index is 11.6. The highest BCUT2D eigenvalue weighted by atomic mass is 35.5. The lowest BCUT2D eigenvalue weighted by Gasteiger charge is -2.20. The fourth-order valence-electron chi connectivity index (χ4n) is 1.03. The molecular formula is C11H13ClN2O4. The average molecular weight is 273 g/mol. The van der Waals surface area contributed by atoms with E-state index in [1.54, 1.807) is 26.8 Å². The van der Waals surface area contributed by atoms with Crippen molar-refractivity contribution in [1.29, 1.82) is 0 Å². The van der Waals surface area contributed by atoms with Gasteiger partial charge in [0.05, 0.1) is 22.1 Å². The molecule has 0 aliphatic rings. The van der Waals surface area contributed by atoms with Gasteiger partial charge in [-0.3, -0.25) is 10.1 Å². The number of hydrogen-bond donors (Lipinski definition) is 0. The van der Waals surface area contributed by atoms with Gasteiger partial charge in [0, 0.05) is 6.07 Å². The summed E-state index contributed by atoms with van der Waals surface area (Å²) in [6.07, 6.45) is 0. The van der Waals surface area contributed by atoms with E-state index in [2.05, 4.69) is 0 Å². The molecule has 0 saturated carbocycles. The third kappa shape index (κ3) is 3.33. The molecule has 1 aromatic rings. The van der Waals surface area contributed by atoms with Crippen molar-refractivity contribution < 1.29 is 14.6 Å². The number of benzene rings is 1. The zero-order valence-electron chi connectivity index (χ0n) is 10.2. The Kier molecular flexibility index (Phi) is 4.13. The van der Waals surface area contributed by atoms with Crippen molar-refractivity contribution in [2.24, 2.45) is 5.41 Å². The third-order valence-corrected chi connectivity index (χ3v) is 2.29. The van der Waals surface area contributed by atoms with Crippen LogP contribution in [0.2, 0.25) is 0 Å². The highest BCUT2D eigenvalue weighted by molar-refractivity contribution is 6.25. The number of nitro groups is 1. The smallest absolute Gasteiger partial charge is 0.324 e. The number of hydrogen-bond acceptors (Lipinski definition) is 5. The minimum absolute atomic E-state index is 0.00164. The van der Waals surface area contributed by atoms with Crippen LogP contribution < -0.4 is 4.58 Å². The zero-order valence-corrected chi connectivity index (χ0v) is 11.0. The SMILES string of the molecule is CC(C)(C)C(=O)ON(Cl)c1ccccc1[N+](=O)[O-]. The number of nitrogens with zero attached hydrogens (tertiary/aromatic N) is 2. The molecule has 98 valence electrons. The summed E-state index contributed by atoms with van der Waals surface area (Å²) >= 11 is 5.74. The Morgan fingerprint density at radius 3 is 2.44 bits per heavy atom. The summed E-state index contributed by atoms with van der Waals surface area (Å²) in [5.74, 6) is -0.587. The third-order valence-electron chi connectivity index (χ3n) is 2.04. The van der Waals surface area contributed by atoms with Crippen molar-refractivity contribution in [3.63, 3.8) is 0 Å². The molecule has 0 aliphatic heterocycles. The van der Waals surface area contributed by atoms with Crippen LogP contribution in [0.25, 0.3) is 0 Å². The monoisotopic (exact) mass is 272 g/mol. The van der Waals surface area contributed by atoms with E-state index in [1.807, 2.05) is 0 Å². The fraction of sp³-hybridized carbons (Fsp3) is 0.364. The van der Waals surface area contributed by atoms with E-state index < -0.39 is 16.3 Å². The van der Waals surface area contributed by atoms with Crippen LogP contribution in [0.3, 0.4) is 0 Å². The molecule has 7 heteroatoms. The summed E-state index contributed by atoms with van der Waals surface area (Å²) in [5, 5.41) is 10.8. The Balaban J connectivity index is 2.95. The van der Waals surface area contributed by atoms with Crippen LogP contribution in [-0.4, -0.2) is 10.9 Å². The van der Waals surface area contributed by atoms with Crippen molar-refractivity contribution >= 4 is 29.1 Å². The van der Waals surface area contributed by atoms with Gasteiger partial charge in [-0.2, -0.15) is 0 Å². The second kappa shape index (κ2) is 5.22. The number of anilines is 1. The van der Waals surface area contributed by atoms with Crippen LogP contribution in [0.4, 0.5) is 11.4 Å². The second-order valence-electron chi connectivity index (χ2n) is 4.62. The molecule has 6 nitrogen and oxygen atoms in total. The van der Waals surface area contributed by atoms with Gasteiger partial charge in [0.25, 0.3) is 5.69 Å². The van der Waals surface area contributed by atoms with E-state index >= 15 is 0 Å². The van der Waals surface area contributed by atoms with Gasteiger partial charge in [-0.15, -0.1) is 4.58 Å². The summed E-state index contributed by atoms with van der Waals surface area (Å²) in [7, 11) is 0. The normalized spacial score (nSPS) is 10.9. The first-order chi connectivity index (χ1) is 8.23. The molecule has 0 aliphatic carbocycles. The van der Waals surface area contributed by atoms with E-state index in [1.165, 1.54) is 18.2 Å². The molecule has 0 bridgehead atoms. The number of carbonyl (C=O) groups excluding carboxylic acids is 1. The summed E-state index contributed by atoms with van der Waals surface area (Å²) in [5.41, 5.74) is -0.993. The molecule has 0 heterocycles. The highest BCUT2D eigenvalue weighted by Crippen LogP contribution is 2.30. The van der Waals surface area contributed by atoms with Crippen molar-refractivity contribution in [3.8, 4) is 0 Å². The molecule has 0 spiro atoms. The molecule has 0 aromatic heterocycles. The van der Waals surface area contributed by atoms with Crippen LogP contribution >= 0.6 is 11.8 Å². The Morgan fingerprint density at radius 2 is 1.94 bits per heavy atom. The first-order valence-corrected chi connectivity index (χ1v) is 5.49. The number of para-hydroxylation sites is 2. The van der Waals surface area contributed by atoms with Gasteiger partial charge >= 0.3 is 5.97 Å². The summed E-state index contributed by atoms with van der Waals surface area (Å²) < 4.78 is 0.589. The molecule has 1 rings (SSSR count). The van der Waals surface area contributed by atoms with Crippen molar-refractivity contribution in [3.05, 3.63) is 34.4 Å². The minimum Gasteiger partial charge on any atom is -0.324 e. The van der Waals surface area contributed by atoms with Crippen LogP contribution in [-0.2, 0) is 9.63 Å². The minimum atomic E-state index is -0.753. The average Bonchev–Trinajstić information content (AvgIpc) is 2.27. The molecule has 0 unspecified atom stereocenters. The molecule has 0 saturated heterocycles. The first-order valence-electron chi connectivity index (χ1n) is 5.15. The number of rotatable bonds is 3. The standard InChI is InChI=1S/C11H13ClN2O4/c1-11(2,3)10(15)18-13(12)8-6-4-5-7-9(8)14(16)17/h4-7H,1-3H3. The maximum atomic E-state index is 11.6. The molecule has 0 radical (unpaired) electrons. The van der Waals surface area contributed by atoms with Gasteiger partial charge < -0.3 is 4.84 Å². The molecule has 0 amide bonds. The van der Waals surface area contributed by atoms with E-state index in [-0.39, 0.29) is 11.4 Å². The highest BCUT2D eigenvalue weighted by Gasteiger charge is 2.28. The lowest BCUT2D eigenvalue weighted by Crippen LogP contribution is -2.28. The predicted molar refractivity (Wildman–Crippen MR) is 67.0 cm³/mol. The quantitative estimate of drug-likeness (QED) is 0.480. The fourth-order valence-corrected chi connectivity index (χ4v) is 1.23. The summed E-state index contributed by atoms with van der Waals surface area (Å²) in [6, 6.07) is 5.72. The van der Waals surface area contributed by atoms with Gasteiger partial charge in [0.15, 0.2) is 5.69 Å². The second-order valence-corrected chi connectivity index (χ2v) is 4.93.